The molecule has 41 heavy (non-hydrogen) atoms. The maximum Gasteiger partial charge on any atom is 0.490 e. The molecular weight excluding hydrogens is 537 g/mol. The van der Waals surface area contributed by atoms with Crippen molar-refractivity contribution in [3.63, 3.8) is 0 Å². The predicted octanol–water partition coefficient (Wildman–Crippen LogP) is 8.23. The van der Waals surface area contributed by atoms with Crippen molar-refractivity contribution in [3.05, 3.63) is 0 Å². The molecule has 0 fully saturated rings. The van der Waals surface area contributed by atoms with Crippen LogP contribution in [0, 0.1) is 0 Å². The van der Waals surface area contributed by atoms with E-state index in [-0.39, 0.29) is 11.9 Å². The molecule has 0 spiro atoms. The molecule has 0 saturated heterocycles. The second kappa shape index (κ2) is 29.6. The van der Waals surface area contributed by atoms with Gasteiger partial charge in [0.1, 0.15) is 6.04 Å². The van der Waals surface area contributed by atoms with Gasteiger partial charge in [-0.2, -0.15) is 13.2 Å². The molecule has 0 bridgehead atoms. The number of carbonyl (C=O) groups is 3. The van der Waals surface area contributed by atoms with E-state index in [1.807, 2.05) is 0 Å². The van der Waals surface area contributed by atoms with E-state index in [1.165, 1.54) is 116 Å². The van der Waals surface area contributed by atoms with Crippen LogP contribution in [0.3, 0.4) is 0 Å². The molecule has 0 aromatic rings. The van der Waals surface area contributed by atoms with Crippen LogP contribution in [0.2, 0.25) is 0 Å². The van der Waals surface area contributed by atoms with Gasteiger partial charge in [0, 0.05) is 6.42 Å². The summed E-state index contributed by atoms with van der Waals surface area (Å²) in [5.74, 6) is -3.17. The van der Waals surface area contributed by atoms with Crippen LogP contribution in [0.15, 0.2) is 0 Å². The minimum atomic E-state index is -5.08. The zero-order valence-electron chi connectivity index (χ0n) is 25.8. The number of rotatable bonds is 26. The summed E-state index contributed by atoms with van der Waals surface area (Å²) >= 11 is 0. The van der Waals surface area contributed by atoms with E-state index in [4.69, 9.17) is 20.4 Å². The number of aliphatic carboxylic acids is 1. The SMILES string of the molecule is CCCCCCCCCCCCCCCCCCCCCC(=O)N[C@@H](CCCCN)C(=O)OC.O=C(O)C(F)(F)F. The first-order valence-electron chi connectivity index (χ1n) is 16.0. The highest BCUT2D eigenvalue weighted by atomic mass is 19.4. The van der Waals surface area contributed by atoms with Crippen molar-refractivity contribution in [1.82, 2.24) is 5.32 Å². The lowest BCUT2D eigenvalue weighted by molar-refractivity contribution is -0.192. The molecule has 0 aromatic heterocycles. The Bertz CT molecular complexity index is 633. The largest absolute Gasteiger partial charge is 0.490 e. The first-order valence-corrected chi connectivity index (χ1v) is 16.0. The van der Waals surface area contributed by atoms with Crippen LogP contribution in [0.25, 0.3) is 0 Å². The van der Waals surface area contributed by atoms with E-state index in [9.17, 15) is 22.8 Å². The summed E-state index contributed by atoms with van der Waals surface area (Å²) in [6.45, 7) is 2.88. The molecule has 1 amide bonds. The van der Waals surface area contributed by atoms with Crippen molar-refractivity contribution in [2.45, 2.75) is 167 Å². The molecule has 4 N–H and O–H groups in total. The molecule has 1 atom stereocenters. The zero-order valence-corrected chi connectivity index (χ0v) is 25.8. The normalized spacial score (nSPS) is 11.9. The number of carbonyl (C=O) groups excluding carboxylic acids is 2. The predicted molar refractivity (Wildman–Crippen MR) is 159 cm³/mol. The Morgan fingerprint density at radius 2 is 1.07 bits per heavy atom. The quantitative estimate of drug-likeness (QED) is 0.0684. The van der Waals surface area contributed by atoms with E-state index < -0.39 is 18.2 Å². The molecule has 0 aliphatic heterocycles. The van der Waals surface area contributed by atoms with Crippen LogP contribution >= 0.6 is 0 Å². The Balaban J connectivity index is 0. The van der Waals surface area contributed by atoms with Crippen LogP contribution in [-0.2, 0) is 19.1 Å². The van der Waals surface area contributed by atoms with Gasteiger partial charge in [-0.3, -0.25) is 4.79 Å². The third-order valence-corrected chi connectivity index (χ3v) is 7.02. The Hall–Kier alpha value is -1.84. The molecular formula is C31H59F3N2O5. The summed E-state index contributed by atoms with van der Waals surface area (Å²) in [6, 6.07) is -0.538. The number of alkyl halides is 3. The van der Waals surface area contributed by atoms with Crippen LogP contribution < -0.4 is 11.1 Å². The molecule has 0 rings (SSSR count). The van der Waals surface area contributed by atoms with Gasteiger partial charge in [0.2, 0.25) is 5.91 Å². The number of nitrogens with one attached hydrogen (secondary N) is 1. The smallest absolute Gasteiger partial charge is 0.475 e. The summed E-state index contributed by atoms with van der Waals surface area (Å²) in [5.41, 5.74) is 5.50. The van der Waals surface area contributed by atoms with Gasteiger partial charge in [-0.15, -0.1) is 0 Å². The fourth-order valence-electron chi connectivity index (χ4n) is 4.51. The summed E-state index contributed by atoms with van der Waals surface area (Å²) in [5, 5.41) is 9.96. The molecule has 7 nitrogen and oxygen atoms in total. The molecule has 0 radical (unpaired) electrons. The third kappa shape index (κ3) is 30.9. The zero-order chi connectivity index (χ0) is 31.2. The number of carboxylic acids is 1. The lowest BCUT2D eigenvalue weighted by Gasteiger charge is -2.16. The minimum Gasteiger partial charge on any atom is -0.475 e. The van der Waals surface area contributed by atoms with Crippen molar-refractivity contribution in [2.24, 2.45) is 5.73 Å². The lowest BCUT2D eigenvalue weighted by Crippen LogP contribution is -2.41. The highest BCUT2D eigenvalue weighted by Gasteiger charge is 2.38. The van der Waals surface area contributed by atoms with Crippen LogP contribution in [-0.4, -0.2) is 48.8 Å². The van der Waals surface area contributed by atoms with Crippen LogP contribution in [0.4, 0.5) is 13.2 Å². The van der Waals surface area contributed by atoms with Gasteiger partial charge in [0.15, 0.2) is 0 Å². The highest BCUT2D eigenvalue weighted by Crippen LogP contribution is 2.15. The number of amides is 1. The number of halogens is 3. The maximum absolute atomic E-state index is 12.1. The van der Waals surface area contributed by atoms with Crippen molar-refractivity contribution in [1.29, 1.82) is 0 Å². The number of methoxy groups -OCH3 is 1. The summed E-state index contributed by atoms with van der Waals surface area (Å²) in [4.78, 5) is 32.9. The van der Waals surface area contributed by atoms with E-state index in [1.54, 1.807) is 0 Å². The number of unbranched alkanes of at least 4 members (excludes halogenated alkanes) is 19. The number of nitrogens with two attached hydrogens (primary N) is 1. The Morgan fingerprint density at radius 3 is 1.39 bits per heavy atom. The highest BCUT2D eigenvalue weighted by molar-refractivity contribution is 5.84. The number of hydrogen-bond acceptors (Lipinski definition) is 5. The van der Waals surface area contributed by atoms with Crippen molar-refractivity contribution in [3.8, 4) is 0 Å². The van der Waals surface area contributed by atoms with E-state index in [2.05, 4.69) is 12.2 Å². The Morgan fingerprint density at radius 1 is 0.707 bits per heavy atom. The number of esters is 1. The minimum absolute atomic E-state index is 0.0462. The third-order valence-electron chi connectivity index (χ3n) is 7.02. The van der Waals surface area contributed by atoms with E-state index in [0.29, 0.717) is 19.4 Å². The Labute approximate surface area is 246 Å². The van der Waals surface area contributed by atoms with Crippen molar-refractivity contribution >= 4 is 17.8 Å². The molecule has 244 valence electrons. The van der Waals surface area contributed by atoms with Crippen molar-refractivity contribution in [2.75, 3.05) is 13.7 Å². The number of hydrogen-bond donors (Lipinski definition) is 3. The first kappa shape index (κ1) is 41.3. The summed E-state index contributed by atoms with van der Waals surface area (Å²) < 4.78 is 36.5. The standard InChI is InChI=1S/C29H58N2O3.C2HF3O2/c1-3-4-5-6-7-8-9-10-11-12-13-14-15-16-17-18-19-20-21-25-28(32)31-27(29(33)34-2)24-22-23-26-30;3-2(4,5)1(6)7/h27H,3-26,30H2,1-2H3,(H,31,32);(H,6,7)/t27-;/m0./s1. The first-order chi connectivity index (χ1) is 19.6. The average molecular weight is 597 g/mol. The molecule has 0 aromatic carbocycles. The number of ether oxygens (including phenoxy) is 1. The van der Waals surface area contributed by atoms with E-state index in [0.717, 1.165) is 25.7 Å². The number of carboxylic acid groups (broad SMARTS) is 1. The lowest BCUT2D eigenvalue weighted by atomic mass is 10.0. The van der Waals surface area contributed by atoms with Gasteiger partial charge in [0.05, 0.1) is 7.11 Å². The second-order valence-electron chi connectivity index (χ2n) is 10.8. The summed E-state index contributed by atoms with van der Waals surface area (Å²) in [6.07, 6.45) is 23.2. The monoisotopic (exact) mass is 596 g/mol. The van der Waals surface area contributed by atoms with Crippen LogP contribution in [0.1, 0.15) is 155 Å². The van der Waals surface area contributed by atoms with E-state index >= 15 is 0 Å². The van der Waals surface area contributed by atoms with Gasteiger partial charge in [-0.1, -0.05) is 122 Å². The molecule has 0 heterocycles. The average Bonchev–Trinajstić information content (AvgIpc) is 2.93. The fraction of sp³-hybridized carbons (Fsp3) is 0.903. The van der Waals surface area contributed by atoms with Gasteiger partial charge in [-0.25, -0.2) is 9.59 Å². The van der Waals surface area contributed by atoms with Gasteiger partial charge in [0.25, 0.3) is 0 Å². The van der Waals surface area contributed by atoms with Gasteiger partial charge < -0.3 is 20.9 Å². The van der Waals surface area contributed by atoms with Gasteiger partial charge in [-0.05, 0) is 32.2 Å². The topological polar surface area (TPSA) is 119 Å². The second-order valence-corrected chi connectivity index (χ2v) is 10.8. The van der Waals surface area contributed by atoms with Crippen LogP contribution in [0.5, 0.6) is 0 Å². The van der Waals surface area contributed by atoms with Crippen molar-refractivity contribution < 1.29 is 37.4 Å². The molecule has 0 aliphatic rings. The molecule has 0 saturated carbocycles. The molecule has 0 unspecified atom stereocenters. The van der Waals surface area contributed by atoms with Gasteiger partial charge >= 0.3 is 18.1 Å². The Kier molecular flexibility index (Phi) is 29.9. The molecule has 10 heteroatoms. The molecule has 0 aliphatic carbocycles. The summed E-state index contributed by atoms with van der Waals surface area (Å²) in [7, 11) is 1.36. The fourth-order valence-corrected chi connectivity index (χ4v) is 4.51. The maximum atomic E-state index is 12.1.